The van der Waals surface area contributed by atoms with Crippen LogP contribution in [-0.4, -0.2) is 13.7 Å². The van der Waals surface area contributed by atoms with Gasteiger partial charge in [-0.3, -0.25) is 0 Å². The van der Waals surface area contributed by atoms with Crippen molar-refractivity contribution in [3.05, 3.63) is 59.7 Å². The van der Waals surface area contributed by atoms with Crippen LogP contribution in [0.4, 0.5) is 0 Å². The molecule has 0 spiro atoms. The maximum atomic E-state index is 6.16. The standard InChI is InChI=1S/C17H21NO2/c1-13-4-3-5-16(12-13)20-11-10-17(18)14-6-8-15(19-2)9-7-14/h3-9,12,17H,10-11,18H2,1-2H3. The fraction of sp³-hybridized carbons (Fsp3) is 0.294. The Balaban J connectivity index is 1.83. The predicted molar refractivity (Wildman–Crippen MR) is 81.2 cm³/mol. The second kappa shape index (κ2) is 6.96. The fourth-order valence-electron chi connectivity index (χ4n) is 2.03. The number of rotatable bonds is 6. The van der Waals surface area contributed by atoms with Crippen LogP contribution < -0.4 is 15.2 Å². The zero-order chi connectivity index (χ0) is 14.4. The van der Waals surface area contributed by atoms with Gasteiger partial charge in [0.05, 0.1) is 13.7 Å². The summed E-state index contributed by atoms with van der Waals surface area (Å²) in [6, 6.07) is 15.9. The van der Waals surface area contributed by atoms with E-state index in [1.807, 2.05) is 42.5 Å². The maximum absolute atomic E-state index is 6.16. The number of ether oxygens (including phenoxy) is 2. The monoisotopic (exact) mass is 271 g/mol. The van der Waals surface area contributed by atoms with Gasteiger partial charge in [0.1, 0.15) is 11.5 Å². The zero-order valence-corrected chi connectivity index (χ0v) is 12.0. The Bertz CT molecular complexity index is 537. The summed E-state index contributed by atoms with van der Waals surface area (Å²) in [5.41, 5.74) is 8.45. The summed E-state index contributed by atoms with van der Waals surface area (Å²) in [6.07, 6.45) is 0.778. The van der Waals surface area contributed by atoms with E-state index in [0.29, 0.717) is 6.61 Å². The van der Waals surface area contributed by atoms with Crippen molar-refractivity contribution in [2.24, 2.45) is 5.73 Å². The molecule has 0 aliphatic rings. The fourth-order valence-corrected chi connectivity index (χ4v) is 2.03. The average molecular weight is 271 g/mol. The van der Waals surface area contributed by atoms with Crippen molar-refractivity contribution in [3.63, 3.8) is 0 Å². The highest BCUT2D eigenvalue weighted by atomic mass is 16.5. The molecule has 2 aromatic carbocycles. The van der Waals surface area contributed by atoms with Crippen molar-refractivity contribution in [1.82, 2.24) is 0 Å². The van der Waals surface area contributed by atoms with Crippen molar-refractivity contribution >= 4 is 0 Å². The van der Waals surface area contributed by atoms with E-state index >= 15 is 0 Å². The molecule has 106 valence electrons. The van der Waals surface area contributed by atoms with E-state index in [2.05, 4.69) is 13.0 Å². The lowest BCUT2D eigenvalue weighted by atomic mass is 10.1. The third-order valence-electron chi connectivity index (χ3n) is 3.23. The summed E-state index contributed by atoms with van der Waals surface area (Å²) in [7, 11) is 1.66. The Morgan fingerprint density at radius 3 is 2.45 bits per heavy atom. The van der Waals surface area contributed by atoms with E-state index in [1.54, 1.807) is 7.11 Å². The normalized spacial score (nSPS) is 11.9. The van der Waals surface area contributed by atoms with Crippen LogP contribution in [0.25, 0.3) is 0 Å². The van der Waals surface area contributed by atoms with E-state index in [9.17, 15) is 0 Å². The predicted octanol–water partition coefficient (Wildman–Crippen LogP) is 3.47. The van der Waals surface area contributed by atoms with Crippen LogP contribution in [0.15, 0.2) is 48.5 Å². The molecular formula is C17H21NO2. The molecule has 2 rings (SSSR count). The number of hydrogen-bond acceptors (Lipinski definition) is 3. The lowest BCUT2D eigenvalue weighted by Gasteiger charge is -2.13. The van der Waals surface area contributed by atoms with Gasteiger partial charge in [-0.2, -0.15) is 0 Å². The highest BCUT2D eigenvalue weighted by Gasteiger charge is 2.06. The second-order valence-corrected chi connectivity index (χ2v) is 4.83. The van der Waals surface area contributed by atoms with E-state index in [-0.39, 0.29) is 6.04 Å². The Labute approximate surface area is 120 Å². The Morgan fingerprint density at radius 1 is 1.05 bits per heavy atom. The minimum Gasteiger partial charge on any atom is -0.497 e. The lowest BCUT2D eigenvalue weighted by Crippen LogP contribution is -2.14. The first-order valence-corrected chi connectivity index (χ1v) is 6.78. The number of hydrogen-bond donors (Lipinski definition) is 1. The van der Waals surface area contributed by atoms with Crippen molar-refractivity contribution in [1.29, 1.82) is 0 Å². The van der Waals surface area contributed by atoms with Gasteiger partial charge in [-0.1, -0.05) is 24.3 Å². The maximum Gasteiger partial charge on any atom is 0.119 e. The summed E-state index contributed by atoms with van der Waals surface area (Å²) < 4.78 is 10.9. The summed E-state index contributed by atoms with van der Waals surface area (Å²) in [6.45, 7) is 2.66. The molecule has 0 aromatic heterocycles. The summed E-state index contributed by atoms with van der Waals surface area (Å²) in [5.74, 6) is 1.74. The van der Waals surface area contributed by atoms with Crippen LogP contribution in [0.3, 0.4) is 0 Å². The minimum absolute atomic E-state index is 0.0225. The third-order valence-corrected chi connectivity index (χ3v) is 3.23. The molecule has 0 amide bonds. The highest BCUT2D eigenvalue weighted by Crippen LogP contribution is 2.19. The molecule has 0 aliphatic heterocycles. The van der Waals surface area contributed by atoms with Crippen LogP contribution in [-0.2, 0) is 0 Å². The minimum atomic E-state index is -0.0225. The molecular weight excluding hydrogens is 250 g/mol. The molecule has 0 saturated heterocycles. The van der Waals surface area contributed by atoms with Crippen LogP contribution in [0.1, 0.15) is 23.6 Å². The van der Waals surface area contributed by atoms with Gasteiger partial charge in [0.25, 0.3) is 0 Å². The average Bonchev–Trinajstić information content (AvgIpc) is 2.47. The molecule has 3 heteroatoms. The smallest absolute Gasteiger partial charge is 0.119 e. The highest BCUT2D eigenvalue weighted by molar-refractivity contribution is 5.29. The molecule has 2 N–H and O–H groups in total. The van der Waals surface area contributed by atoms with Crippen LogP contribution in [0, 0.1) is 6.92 Å². The lowest BCUT2D eigenvalue weighted by molar-refractivity contribution is 0.298. The van der Waals surface area contributed by atoms with Gasteiger partial charge >= 0.3 is 0 Å². The summed E-state index contributed by atoms with van der Waals surface area (Å²) >= 11 is 0. The number of aryl methyl sites for hydroxylation is 1. The number of benzene rings is 2. The zero-order valence-electron chi connectivity index (χ0n) is 12.0. The molecule has 1 atom stereocenters. The van der Waals surface area contributed by atoms with Crippen molar-refractivity contribution in [3.8, 4) is 11.5 Å². The van der Waals surface area contributed by atoms with E-state index in [0.717, 1.165) is 23.5 Å². The molecule has 2 aromatic rings. The quantitative estimate of drug-likeness (QED) is 0.875. The van der Waals surface area contributed by atoms with Crippen LogP contribution in [0.5, 0.6) is 11.5 Å². The molecule has 0 fully saturated rings. The summed E-state index contributed by atoms with van der Waals surface area (Å²) in [4.78, 5) is 0. The van der Waals surface area contributed by atoms with Gasteiger partial charge < -0.3 is 15.2 Å². The first kappa shape index (κ1) is 14.4. The van der Waals surface area contributed by atoms with Gasteiger partial charge in [-0.15, -0.1) is 0 Å². The molecule has 0 saturated carbocycles. The van der Waals surface area contributed by atoms with Gasteiger partial charge in [0.15, 0.2) is 0 Å². The van der Waals surface area contributed by atoms with Gasteiger partial charge in [-0.05, 0) is 42.3 Å². The number of nitrogens with two attached hydrogens (primary N) is 1. The summed E-state index contributed by atoms with van der Waals surface area (Å²) in [5, 5.41) is 0. The molecule has 0 bridgehead atoms. The van der Waals surface area contributed by atoms with Gasteiger partial charge in [0.2, 0.25) is 0 Å². The largest absolute Gasteiger partial charge is 0.497 e. The van der Waals surface area contributed by atoms with Crippen molar-refractivity contribution in [2.75, 3.05) is 13.7 Å². The Kier molecular flexibility index (Phi) is 5.02. The van der Waals surface area contributed by atoms with Gasteiger partial charge in [0, 0.05) is 12.5 Å². The molecule has 3 nitrogen and oxygen atoms in total. The van der Waals surface area contributed by atoms with Crippen LogP contribution in [0.2, 0.25) is 0 Å². The SMILES string of the molecule is COc1ccc(C(N)CCOc2cccc(C)c2)cc1. The molecule has 0 radical (unpaired) electrons. The first-order valence-electron chi connectivity index (χ1n) is 6.78. The third kappa shape index (κ3) is 4.00. The second-order valence-electron chi connectivity index (χ2n) is 4.83. The van der Waals surface area contributed by atoms with Crippen LogP contribution >= 0.6 is 0 Å². The Morgan fingerprint density at radius 2 is 1.80 bits per heavy atom. The molecule has 0 aliphatic carbocycles. The van der Waals surface area contributed by atoms with Crippen molar-refractivity contribution in [2.45, 2.75) is 19.4 Å². The molecule has 20 heavy (non-hydrogen) atoms. The van der Waals surface area contributed by atoms with Crippen molar-refractivity contribution < 1.29 is 9.47 Å². The number of methoxy groups -OCH3 is 1. The van der Waals surface area contributed by atoms with E-state index in [4.69, 9.17) is 15.2 Å². The van der Waals surface area contributed by atoms with E-state index < -0.39 is 0 Å². The topological polar surface area (TPSA) is 44.5 Å². The first-order chi connectivity index (χ1) is 9.69. The van der Waals surface area contributed by atoms with Gasteiger partial charge in [-0.25, -0.2) is 0 Å². The molecule has 1 unspecified atom stereocenters. The van der Waals surface area contributed by atoms with E-state index in [1.165, 1.54) is 5.56 Å². The molecule has 0 heterocycles. The Hall–Kier alpha value is -2.00.